The molecule has 0 bridgehead atoms. The van der Waals surface area contributed by atoms with Gasteiger partial charge in [0.1, 0.15) is 11.6 Å². The number of hydrogen-bond acceptors (Lipinski definition) is 5. The summed E-state index contributed by atoms with van der Waals surface area (Å²) in [7, 11) is 1.48. The number of anilines is 1. The van der Waals surface area contributed by atoms with E-state index in [-0.39, 0.29) is 12.2 Å². The zero-order valence-corrected chi connectivity index (χ0v) is 16.5. The molecule has 0 unspecified atom stereocenters. The molecule has 0 radical (unpaired) electrons. The van der Waals surface area contributed by atoms with Crippen molar-refractivity contribution in [2.24, 2.45) is 0 Å². The van der Waals surface area contributed by atoms with Crippen LogP contribution in [0.5, 0.6) is 11.5 Å². The second kappa shape index (κ2) is 8.66. The monoisotopic (exact) mass is 419 g/mol. The molecule has 1 heterocycles. The Morgan fingerprint density at radius 3 is 2.61 bits per heavy atom. The van der Waals surface area contributed by atoms with Gasteiger partial charge in [-0.1, -0.05) is 12.1 Å². The summed E-state index contributed by atoms with van der Waals surface area (Å²) >= 11 is 0. The molecule has 0 spiro atoms. The molecule has 0 fully saturated rings. The minimum Gasteiger partial charge on any atom is -0.493 e. The minimum absolute atomic E-state index is 0.252. The number of benzene rings is 3. The Balaban J connectivity index is 1.56. The van der Waals surface area contributed by atoms with E-state index in [4.69, 9.17) is 9.47 Å². The first-order valence-electron chi connectivity index (χ1n) is 9.39. The van der Waals surface area contributed by atoms with Gasteiger partial charge in [0.15, 0.2) is 18.1 Å². The molecule has 3 aromatic carbocycles. The van der Waals surface area contributed by atoms with Gasteiger partial charge in [0, 0.05) is 11.3 Å². The summed E-state index contributed by atoms with van der Waals surface area (Å²) in [5.41, 5.74) is 1.36. The van der Waals surface area contributed by atoms with E-state index in [1.54, 1.807) is 42.5 Å². The lowest BCUT2D eigenvalue weighted by atomic mass is 10.1. The van der Waals surface area contributed by atoms with Crippen LogP contribution in [0.4, 0.5) is 10.1 Å². The van der Waals surface area contributed by atoms with Crippen molar-refractivity contribution in [2.75, 3.05) is 19.0 Å². The molecule has 4 rings (SSSR count). The Bertz CT molecular complexity index is 1300. The maximum atomic E-state index is 13.0. The fraction of sp³-hybridized carbons (Fsp3) is 0.0870. The second-order valence-corrected chi connectivity index (χ2v) is 6.64. The molecular formula is C23H18FN3O4. The van der Waals surface area contributed by atoms with Gasteiger partial charge in [-0.15, -0.1) is 0 Å². The van der Waals surface area contributed by atoms with Crippen LogP contribution in [0.1, 0.15) is 0 Å². The first-order chi connectivity index (χ1) is 15.0. The number of halogens is 1. The van der Waals surface area contributed by atoms with Crippen LogP contribution in [0.25, 0.3) is 22.3 Å². The summed E-state index contributed by atoms with van der Waals surface area (Å²) in [5, 5.41) is 3.11. The van der Waals surface area contributed by atoms with Gasteiger partial charge in [-0.05, 0) is 54.6 Å². The van der Waals surface area contributed by atoms with Gasteiger partial charge in [-0.25, -0.2) is 9.37 Å². The molecule has 0 saturated carbocycles. The number of para-hydroxylation sites is 1. The number of nitrogens with one attached hydrogen (secondary N) is 2. The van der Waals surface area contributed by atoms with Gasteiger partial charge in [0.25, 0.3) is 11.5 Å². The molecule has 1 aromatic heterocycles. The SMILES string of the molecule is COc1ccc(-c2nc3ccccc3c(=O)[nH]2)cc1OCC(=O)Nc1ccc(F)cc1. The predicted octanol–water partition coefficient (Wildman–Crippen LogP) is 3.76. The van der Waals surface area contributed by atoms with Crippen LogP contribution in [0.3, 0.4) is 0 Å². The lowest BCUT2D eigenvalue weighted by Crippen LogP contribution is -2.20. The lowest BCUT2D eigenvalue weighted by Gasteiger charge is -2.12. The summed E-state index contributed by atoms with van der Waals surface area (Å²) < 4.78 is 23.9. The third kappa shape index (κ3) is 4.53. The Hall–Kier alpha value is -4.20. The largest absolute Gasteiger partial charge is 0.493 e. The van der Waals surface area contributed by atoms with Gasteiger partial charge in [0.05, 0.1) is 18.0 Å². The highest BCUT2D eigenvalue weighted by atomic mass is 19.1. The fourth-order valence-electron chi connectivity index (χ4n) is 3.03. The molecule has 2 N–H and O–H groups in total. The van der Waals surface area contributed by atoms with Gasteiger partial charge in [0.2, 0.25) is 0 Å². The highest BCUT2D eigenvalue weighted by Crippen LogP contribution is 2.31. The molecule has 0 saturated heterocycles. The number of hydrogen-bond donors (Lipinski definition) is 2. The number of H-pyrrole nitrogens is 1. The number of carbonyl (C=O) groups excluding carboxylic acids is 1. The molecule has 1 amide bonds. The second-order valence-electron chi connectivity index (χ2n) is 6.64. The molecule has 4 aromatic rings. The lowest BCUT2D eigenvalue weighted by molar-refractivity contribution is -0.118. The number of rotatable bonds is 6. The smallest absolute Gasteiger partial charge is 0.262 e. The van der Waals surface area contributed by atoms with Crippen molar-refractivity contribution < 1.29 is 18.7 Å². The van der Waals surface area contributed by atoms with Crippen LogP contribution < -0.4 is 20.3 Å². The summed E-state index contributed by atoms with van der Waals surface area (Å²) in [6, 6.07) is 17.5. The molecule has 0 aliphatic carbocycles. The molecule has 8 heteroatoms. The molecule has 31 heavy (non-hydrogen) atoms. The van der Waals surface area contributed by atoms with Gasteiger partial charge in [-0.2, -0.15) is 0 Å². The Kier molecular flexibility index (Phi) is 5.61. The number of carbonyl (C=O) groups is 1. The maximum absolute atomic E-state index is 13.0. The first kappa shape index (κ1) is 20.1. The van der Waals surface area contributed by atoms with Gasteiger partial charge < -0.3 is 19.8 Å². The zero-order valence-electron chi connectivity index (χ0n) is 16.5. The highest BCUT2D eigenvalue weighted by Gasteiger charge is 2.12. The number of fused-ring (bicyclic) bond motifs is 1. The third-order valence-corrected chi connectivity index (χ3v) is 4.54. The molecule has 156 valence electrons. The predicted molar refractivity (Wildman–Crippen MR) is 115 cm³/mol. The van der Waals surface area contributed by atoms with E-state index >= 15 is 0 Å². The first-order valence-corrected chi connectivity index (χ1v) is 9.39. The quantitative estimate of drug-likeness (QED) is 0.496. The van der Waals surface area contributed by atoms with E-state index in [2.05, 4.69) is 15.3 Å². The van der Waals surface area contributed by atoms with Crippen LogP contribution >= 0.6 is 0 Å². The average Bonchev–Trinajstić information content (AvgIpc) is 2.79. The average molecular weight is 419 g/mol. The molecule has 0 aliphatic rings. The molecular weight excluding hydrogens is 401 g/mol. The number of ether oxygens (including phenoxy) is 2. The minimum atomic E-state index is -0.420. The summed E-state index contributed by atoms with van der Waals surface area (Å²) in [6.45, 7) is -0.293. The van der Waals surface area contributed by atoms with Crippen LogP contribution in [0, 0.1) is 5.82 Å². The Labute approximate surface area is 176 Å². The Morgan fingerprint density at radius 1 is 1.06 bits per heavy atom. The summed E-state index contributed by atoms with van der Waals surface area (Å²) in [6.07, 6.45) is 0. The molecule has 0 atom stereocenters. The van der Waals surface area contributed by atoms with E-state index in [0.717, 1.165) is 0 Å². The van der Waals surface area contributed by atoms with E-state index in [9.17, 15) is 14.0 Å². The molecule has 7 nitrogen and oxygen atoms in total. The fourth-order valence-corrected chi connectivity index (χ4v) is 3.03. The number of amides is 1. The topological polar surface area (TPSA) is 93.3 Å². The van der Waals surface area contributed by atoms with E-state index in [0.29, 0.717) is 39.5 Å². The zero-order chi connectivity index (χ0) is 21.8. The van der Waals surface area contributed by atoms with Crippen LogP contribution in [-0.2, 0) is 4.79 Å². The summed E-state index contributed by atoms with van der Waals surface area (Å²) in [4.78, 5) is 31.8. The van der Waals surface area contributed by atoms with E-state index in [1.165, 1.54) is 31.4 Å². The maximum Gasteiger partial charge on any atom is 0.262 e. The van der Waals surface area contributed by atoms with Gasteiger partial charge >= 0.3 is 0 Å². The van der Waals surface area contributed by atoms with Crippen molar-refractivity contribution in [3.05, 3.63) is 82.9 Å². The van der Waals surface area contributed by atoms with Crippen molar-refractivity contribution in [2.45, 2.75) is 0 Å². The van der Waals surface area contributed by atoms with Crippen molar-refractivity contribution in [1.82, 2.24) is 9.97 Å². The standard InChI is InChI=1S/C23H18FN3O4/c1-30-19-11-6-14(22-26-18-5-3-2-4-17(18)23(29)27-22)12-20(19)31-13-21(28)25-16-9-7-15(24)8-10-16/h2-12H,13H2,1H3,(H,25,28)(H,26,27,29). The van der Waals surface area contributed by atoms with Crippen molar-refractivity contribution in [3.8, 4) is 22.9 Å². The van der Waals surface area contributed by atoms with Crippen LogP contribution in [0.15, 0.2) is 71.5 Å². The molecule has 0 aliphatic heterocycles. The summed E-state index contributed by atoms with van der Waals surface area (Å²) in [5.74, 6) is 0.283. The normalized spacial score (nSPS) is 10.6. The van der Waals surface area contributed by atoms with Crippen LogP contribution in [0.2, 0.25) is 0 Å². The highest BCUT2D eigenvalue weighted by molar-refractivity contribution is 5.91. The number of nitrogens with zero attached hydrogens (tertiary/aromatic N) is 1. The number of aromatic nitrogens is 2. The van der Waals surface area contributed by atoms with Gasteiger partial charge in [-0.3, -0.25) is 9.59 Å². The third-order valence-electron chi connectivity index (χ3n) is 4.54. The van der Waals surface area contributed by atoms with Crippen molar-refractivity contribution in [1.29, 1.82) is 0 Å². The van der Waals surface area contributed by atoms with Crippen molar-refractivity contribution in [3.63, 3.8) is 0 Å². The van der Waals surface area contributed by atoms with Crippen LogP contribution in [-0.4, -0.2) is 29.6 Å². The number of methoxy groups -OCH3 is 1. The van der Waals surface area contributed by atoms with E-state index in [1.807, 2.05) is 0 Å². The van der Waals surface area contributed by atoms with Crippen molar-refractivity contribution >= 4 is 22.5 Å². The number of aromatic amines is 1. The Morgan fingerprint density at radius 2 is 1.84 bits per heavy atom. The van der Waals surface area contributed by atoms with E-state index < -0.39 is 11.7 Å².